The summed E-state index contributed by atoms with van der Waals surface area (Å²) < 4.78 is 7.26. The van der Waals surface area contributed by atoms with Crippen molar-refractivity contribution in [1.82, 2.24) is 19.4 Å². The maximum atomic E-state index is 12.5. The average molecular weight is 532 g/mol. The predicted octanol–water partition coefficient (Wildman–Crippen LogP) is 2.48. The number of imidazole rings is 1. The number of carboxylic acids is 2. The Labute approximate surface area is 216 Å². The number of esters is 1. The van der Waals surface area contributed by atoms with Gasteiger partial charge in [-0.25, -0.2) is 24.4 Å². The lowest BCUT2D eigenvalue weighted by Gasteiger charge is -2.31. The summed E-state index contributed by atoms with van der Waals surface area (Å²) in [5.74, 6) is -3.58. The summed E-state index contributed by atoms with van der Waals surface area (Å²) in [5.41, 5.74) is 2.77. The van der Waals surface area contributed by atoms with Gasteiger partial charge in [-0.2, -0.15) is 0 Å². The Morgan fingerprint density at radius 2 is 1.81 bits per heavy atom. The molecule has 0 atom stereocenters. The number of ether oxygens (including phenoxy) is 1. The Kier molecular flexibility index (Phi) is 9.69. The molecule has 0 bridgehead atoms. The van der Waals surface area contributed by atoms with Crippen LogP contribution in [-0.4, -0.2) is 79.7 Å². The minimum atomic E-state index is -1.82. The predicted molar refractivity (Wildman–Crippen MR) is 136 cm³/mol. The summed E-state index contributed by atoms with van der Waals surface area (Å²) in [6.45, 7) is 6.87. The standard InChI is InChI=1S/C22H27N5O3S.C2H2O4/c1-3-30-21(29)20-15(2)24-22(31-20)25-19(28)13-26-10-8-16(9-11-26)12-27-14-23-17-6-4-5-7-18(17)27;3-1(4)2(5)6/h4-7,14,16H,3,8-13H2,1-2H3,(H,24,25,28);(H,3,4)(H,5,6). The Bertz CT molecular complexity index is 1250. The normalized spacial score (nSPS) is 14.0. The van der Waals surface area contributed by atoms with Gasteiger partial charge in [0.15, 0.2) is 5.13 Å². The van der Waals surface area contributed by atoms with Crippen LogP contribution in [0, 0.1) is 12.8 Å². The fourth-order valence-electron chi connectivity index (χ4n) is 3.96. The molecule has 4 rings (SSSR count). The second kappa shape index (κ2) is 12.9. The molecule has 0 spiro atoms. The van der Waals surface area contributed by atoms with E-state index in [9.17, 15) is 9.59 Å². The molecule has 198 valence electrons. The van der Waals surface area contributed by atoms with E-state index in [1.165, 1.54) is 5.52 Å². The van der Waals surface area contributed by atoms with Gasteiger partial charge in [-0.1, -0.05) is 23.5 Å². The molecule has 1 saturated heterocycles. The molecular weight excluding hydrogens is 502 g/mol. The minimum absolute atomic E-state index is 0.108. The number of benzene rings is 1. The van der Waals surface area contributed by atoms with E-state index in [1.807, 2.05) is 24.5 Å². The van der Waals surface area contributed by atoms with Crippen LogP contribution in [0.15, 0.2) is 30.6 Å². The van der Waals surface area contributed by atoms with Crippen LogP contribution in [0.3, 0.4) is 0 Å². The zero-order valence-corrected chi connectivity index (χ0v) is 21.4. The highest BCUT2D eigenvalue weighted by Crippen LogP contribution is 2.24. The number of hydrogen-bond acceptors (Lipinski definition) is 9. The zero-order valence-electron chi connectivity index (χ0n) is 20.5. The smallest absolute Gasteiger partial charge is 0.414 e. The van der Waals surface area contributed by atoms with Crippen LogP contribution < -0.4 is 5.32 Å². The molecule has 1 amide bonds. The summed E-state index contributed by atoms with van der Waals surface area (Å²) >= 11 is 1.16. The Morgan fingerprint density at radius 1 is 1.14 bits per heavy atom. The third-order valence-corrected chi connectivity index (χ3v) is 6.80. The topological polar surface area (TPSA) is 164 Å². The van der Waals surface area contributed by atoms with E-state index in [1.54, 1.807) is 13.8 Å². The minimum Gasteiger partial charge on any atom is -0.473 e. The molecule has 12 nitrogen and oxygen atoms in total. The number of nitrogens with one attached hydrogen (secondary N) is 1. The van der Waals surface area contributed by atoms with Crippen molar-refractivity contribution in [1.29, 1.82) is 0 Å². The van der Waals surface area contributed by atoms with E-state index in [2.05, 4.69) is 30.8 Å². The number of carbonyl (C=O) groups excluding carboxylic acids is 2. The number of carbonyl (C=O) groups is 4. The fourth-order valence-corrected chi connectivity index (χ4v) is 4.84. The largest absolute Gasteiger partial charge is 0.473 e. The number of para-hydroxylation sites is 2. The van der Waals surface area contributed by atoms with Gasteiger partial charge in [-0.3, -0.25) is 9.69 Å². The third kappa shape index (κ3) is 7.82. The molecular formula is C24H29N5O7S. The Balaban J connectivity index is 0.000000568. The molecule has 0 unspecified atom stereocenters. The molecule has 3 heterocycles. The number of fused-ring (bicyclic) bond motifs is 1. The van der Waals surface area contributed by atoms with Crippen molar-refractivity contribution in [3.8, 4) is 0 Å². The van der Waals surface area contributed by atoms with E-state index in [-0.39, 0.29) is 5.91 Å². The maximum Gasteiger partial charge on any atom is 0.414 e. The second-order valence-electron chi connectivity index (χ2n) is 8.42. The molecule has 3 N–H and O–H groups in total. The van der Waals surface area contributed by atoms with Crippen LogP contribution in [0.4, 0.5) is 5.13 Å². The quantitative estimate of drug-likeness (QED) is 0.305. The van der Waals surface area contributed by atoms with Crippen molar-refractivity contribution in [2.45, 2.75) is 33.2 Å². The average Bonchev–Trinajstić information content (AvgIpc) is 3.43. The van der Waals surface area contributed by atoms with Crippen molar-refractivity contribution in [3.63, 3.8) is 0 Å². The summed E-state index contributed by atoms with van der Waals surface area (Å²) in [5, 5.41) is 18.0. The number of hydrogen-bond donors (Lipinski definition) is 3. The lowest BCUT2D eigenvalue weighted by molar-refractivity contribution is -0.159. The van der Waals surface area contributed by atoms with E-state index >= 15 is 0 Å². The zero-order chi connectivity index (χ0) is 26.9. The monoisotopic (exact) mass is 531 g/mol. The second-order valence-corrected chi connectivity index (χ2v) is 9.42. The number of aromatic nitrogens is 3. The van der Waals surface area contributed by atoms with Crippen LogP contribution in [0.1, 0.15) is 35.1 Å². The van der Waals surface area contributed by atoms with Crippen molar-refractivity contribution < 1.29 is 34.1 Å². The highest BCUT2D eigenvalue weighted by atomic mass is 32.1. The highest BCUT2D eigenvalue weighted by molar-refractivity contribution is 7.17. The Morgan fingerprint density at radius 3 is 2.46 bits per heavy atom. The van der Waals surface area contributed by atoms with Gasteiger partial charge in [0.05, 0.1) is 36.2 Å². The summed E-state index contributed by atoms with van der Waals surface area (Å²) in [6.07, 6.45) is 4.01. The van der Waals surface area contributed by atoms with Gasteiger partial charge >= 0.3 is 17.9 Å². The fraction of sp³-hybridized carbons (Fsp3) is 0.417. The first-order chi connectivity index (χ1) is 17.7. The molecule has 1 aromatic carbocycles. The van der Waals surface area contributed by atoms with E-state index < -0.39 is 17.9 Å². The molecule has 37 heavy (non-hydrogen) atoms. The summed E-state index contributed by atoms with van der Waals surface area (Å²) in [4.78, 5) is 53.9. The first kappa shape index (κ1) is 27.7. The summed E-state index contributed by atoms with van der Waals surface area (Å²) in [6, 6.07) is 8.19. The SMILES string of the molecule is CCOC(=O)c1sc(NC(=O)CN2CCC(Cn3cnc4ccccc43)CC2)nc1C.O=C(O)C(=O)O. The number of piperidine rings is 1. The van der Waals surface area contributed by atoms with E-state index in [0.29, 0.717) is 34.8 Å². The number of aryl methyl sites for hydroxylation is 1. The molecule has 1 aliphatic heterocycles. The Hall–Kier alpha value is -3.84. The van der Waals surface area contributed by atoms with Gasteiger partial charge in [-0.15, -0.1) is 0 Å². The number of aliphatic carboxylic acids is 2. The molecule has 0 aliphatic carbocycles. The number of likely N-dealkylation sites (tertiary alicyclic amines) is 1. The molecule has 1 aliphatic rings. The number of nitrogens with zero attached hydrogens (tertiary/aromatic N) is 4. The molecule has 0 saturated carbocycles. The number of anilines is 1. The van der Waals surface area contributed by atoms with E-state index in [0.717, 1.165) is 49.3 Å². The van der Waals surface area contributed by atoms with Gasteiger partial charge in [0.25, 0.3) is 0 Å². The van der Waals surface area contributed by atoms with Crippen LogP contribution >= 0.6 is 11.3 Å². The van der Waals surface area contributed by atoms with Gasteiger partial charge in [0.1, 0.15) is 4.88 Å². The highest BCUT2D eigenvalue weighted by Gasteiger charge is 2.23. The van der Waals surface area contributed by atoms with Gasteiger partial charge in [0, 0.05) is 6.54 Å². The number of thiazole rings is 1. The lowest BCUT2D eigenvalue weighted by atomic mass is 9.96. The van der Waals surface area contributed by atoms with Crippen molar-refractivity contribution in [3.05, 3.63) is 41.2 Å². The number of carboxylic acid groups (broad SMARTS) is 2. The molecule has 1 fully saturated rings. The number of amides is 1. The van der Waals surface area contributed by atoms with Crippen molar-refractivity contribution in [2.75, 3.05) is 31.6 Å². The first-order valence-corrected chi connectivity index (χ1v) is 12.5. The number of rotatable bonds is 7. The van der Waals surface area contributed by atoms with Crippen molar-refractivity contribution in [2.24, 2.45) is 5.92 Å². The lowest BCUT2D eigenvalue weighted by Crippen LogP contribution is -2.39. The summed E-state index contributed by atoms with van der Waals surface area (Å²) in [7, 11) is 0. The van der Waals surface area contributed by atoms with Crippen LogP contribution in [0.5, 0.6) is 0 Å². The molecule has 0 radical (unpaired) electrons. The van der Waals surface area contributed by atoms with Crippen LogP contribution in [0.25, 0.3) is 11.0 Å². The molecule has 13 heteroatoms. The first-order valence-electron chi connectivity index (χ1n) is 11.7. The molecule has 3 aromatic rings. The van der Waals surface area contributed by atoms with Crippen molar-refractivity contribution >= 4 is 51.3 Å². The van der Waals surface area contributed by atoms with Crippen LogP contribution in [-0.2, 0) is 25.7 Å². The van der Waals surface area contributed by atoms with E-state index in [4.69, 9.17) is 24.5 Å². The maximum absolute atomic E-state index is 12.5. The van der Waals surface area contributed by atoms with Gasteiger partial charge in [0.2, 0.25) is 5.91 Å². The third-order valence-electron chi connectivity index (χ3n) is 5.74. The van der Waals surface area contributed by atoms with Gasteiger partial charge < -0.3 is 24.8 Å². The molecule has 2 aromatic heterocycles. The van der Waals surface area contributed by atoms with Gasteiger partial charge in [-0.05, 0) is 57.8 Å². The van der Waals surface area contributed by atoms with Crippen LogP contribution in [0.2, 0.25) is 0 Å².